The van der Waals surface area contributed by atoms with Gasteiger partial charge in [0.15, 0.2) is 0 Å². The third-order valence-electron chi connectivity index (χ3n) is 13.2. The van der Waals surface area contributed by atoms with E-state index in [1.54, 1.807) is 0 Å². The lowest BCUT2D eigenvalue weighted by Gasteiger charge is -2.36. The van der Waals surface area contributed by atoms with Crippen LogP contribution in [0.15, 0.2) is 170 Å². The molecule has 6 heterocycles. The molecule has 0 spiro atoms. The van der Waals surface area contributed by atoms with Crippen molar-refractivity contribution in [1.82, 2.24) is 0 Å². The first-order valence-corrected chi connectivity index (χ1v) is 23.7. The van der Waals surface area contributed by atoms with Gasteiger partial charge in [-0.15, -0.1) is 45.3 Å². The zero-order chi connectivity index (χ0) is 38.8. The van der Waals surface area contributed by atoms with Crippen LogP contribution in [0.5, 0.6) is 0 Å². The lowest BCUT2D eigenvalue weighted by molar-refractivity contribution is 1.31. The van der Waals surface area contributed by atoms with Crippen molar-refractivity contribution < 1.29 is 0 Å². The van der Waals surface area contributed by atoms with Gasteiger partial charge in [0.1, 0.15) is 0 Å². The van der Waals surface area contributed by atoms with E-state index in [9.17, 15) is 0 Å². The first-order valence-electron chi connectivity index (χ1n) is 20.4. The number of hydrogen-bond donors (Lipinski definition) is 0. The Morgan fingerprint density at radius 3 is 1.45 bits per heavy atom. The maximum Gasteiger partial charge on any atom is 0.248 e. The molecule has 0 aliphatic carbocycles. The minimum Gasteiger partial charge on any atom is -0.311 e. The molecule has 60 heavy (non-hydrogen) atoms. The first kappa shape index (κ1) is 32.6. The van der Waals surface area contributed by atoms with E-state index in [0.717, 1.165) is 0 Å². The minimum absolute atomic E-state index is 0.114. The summed E-state index contributed by atoms with van der Waals surface area (Å²) in [7, 11) is 0. The summed E-state index contributed by atoms with van der Waals surface area (Å²) in [4.78, 5) is 2.62. The largest absolute Gasteiger partial charge is 0.311 e. The molecular formula is C54H28BNS4. The number of thiophene rings is 4. The highest BCUT2D eigenvalue weighted by molar-refractivity contribution is 7.27. The van der Waals surface area contributed by atoms with Gasteiger partial charge in [0.25, 0.3) is 0 Å². The van der Waals surface area contributed by atoms with Crippen LogP contribution in [0.3, 0.4) is 0 Å². The lowest BCUT2D eigenvalue weighted by atomic mass is 9.37. The van der Waals surface area contributed by atoms with Crippen LogP contribution in [0.4, 0.5) is 17.1 Å². The second-order valence-electron chi connectivity index (χ2n) is 16.4. The molecule has 0 bridgehead atoms. The van der Waals surface area contributed by atoms with Gasteiger partial charge in [0.2, 0.25) is 6.71 Å². The average Bonchev–Trinajstić information content (AvgIpc) is 4.10. The molecule has 0 amide bonds. The molecule has 2 aliphatic heterocycles. The molecule has 0 N–H and O–H groups in total. The Labute approximate surface area is 360 Å². The molecule has 6 heteroatoms. The molecule has 1 nitrogen and oxygen atoms in total. The summed E-state index contributed by atoms with van der Waals surface area (Å²) in [5, 5.41) is 10.7. The number of fused-ring (bicyclic) bond motifs is 17. The average molecular weight is 830 g/mol. The number of rotatable bonds is 2. The van der Waals surface area contributed by atoms with Gasteiger partial charge < -0.3 is 4.90 Å². The third kappa shape index (κ3) is 4.31. The minimum atomic E-state index is 0.114. The van der Waals surface area contributed by atoms with Crippen LogP contribution in [-0.2, 0) is 0 Å². The van der Waals surface area contributed by atoms with E-state index in [2.05, 4.69) is 175 Å². The maximum absolute atomic E-state index is 2.62. The van der Waals surface area contributed by atoms with Crippen molar-refractivity contribution in [1.29, 1.82) is 0 Å². The molecule has 2 aliphatic rings. The Kier molecular flexibility index (Phi) is 6.36. The molecule has 0 atom stereocenters. The van der Waals surface area contributed by atoms with E-state index in [1.807, 2.05) is 45.3 Å². The monoisotopic (exact) mass is 829 g/mol. The number of anilines is 3. The molecule has 0 radical (unpaired) electrons. The van der Waals surface area contributed by atoms with Crippen molar-refractivity contribution in [3.8, 4) is 22.3 Å². The molecule has 0 unspecified atom stereocenters. The highest BCUT2D eigenvalue weighted by atomic mass is 32.1. The zero-order valence-corrected chi connectivity index (χ0v) is 35.1. The van der Waals surface area contributed by atoms with E-state index < -0.39 is 0 Å². The van der Waals surface area contributed by atoms with Gasteiger partial charge in [-0.05, 0) is 124 Å². The Morgan fingerprint density at radius 2 is 0.817 bits per heavy atom. The molecule has 0 saturated carbocycles. The predicted molar refractivity (Wildman–Crippen MR) is 268 cm³/mol. The zero-order valence-electron chi connectivity index (χ0n) is 31.8. The summed E-state index contributed by atoms with van der Waals surface area (Å²) in [6.07, 6.45) is 0. The quantitative estimate of drug-likeness (QED) is 0.157. The van der Waals surface area contributed by atoms with Gasteiger partial charge in [-0.2, -0.15) is 0 Å². The Morgan fingerprint density at radius 1 is 0.317 bits per heavy atom. The Hall–Kier alpha value is -6.28. The van der Waals surface area contributed by atoms with Gasteiger partial charge in [0, 0.05) is 97.8 Å². The molecule has 13 aromatic rings. The summed E-state index contributed by atoms with van der Waals surface area (Å²) in [5.74, 6) is 0. The summed E-state index contributed by atoms with van der Waals surface area (Å²) in [5.41, 5.74) is 13.2. The second-order valence-corrected chi connectivity index (χ2v) is 20.7. The fourth-order valence-electron chi connectivity index (χ4n) is 10.6. The van der Waals surface area contributed by atoms with Gasteiger partial charge in [-0.3, -0.25) is 0 Å². The van der Waals surface area contributed by atoms with E-state index >= 15 is 0 Å². The van der Waals surface area contributed by atoms with Crippen molar-refractivity contribution >= 4 is 166 Å². The van der Waals surface area contributed by atoms with Crippen LogP contribution < -0.4 is 21.3 Å². The summed E-state index contributed by atoms with van der Waals surface area (Å²) >= 11 is 7.62. The maximum atomic E-state index is 2.62. The van der Waals surface area contributed by atoms with E-state index in [1.165, 1.54) is 136 Å². The summed E-state index contributed by atoms with van der Waals surface area (Å²) in [6.45, 7) is 0.114. The van der Waals surface area contributed by atoms with E-state index in [4.69, 9.17) is 0 Å². The smallest absolute Gasteiger partial charge is 0.248 e. The predicted octanol–water partition coefficient (Wildman–Crippen LogP) is 15.1. The normalized spacial score (nSPS) is 13.3. The van der Waals surface area contributed by atoms with E-state index in [-0.39, 0.29) is 6.71 Å². The highest BCUT2D eigenvalue weighted by Gasteiger charge is 2.44. The van der Waals surface area contributed by atoms with Gasteiger partial charge in [0.05, 0.1) is 0 Å². The van der Waals surface area contributed by atoms with Crippen LogP contribution in [-0.4, -0.2) is 6.71 Å². The van der Waals surface area contributed by atoms with Crippen LogP contribution in [0, 0.1) is 0 Å². The highest BCUT2D eigenvalue weighted by Crippen LogP contribution is 2.49. The second kappa shape index (κ2) is 11.7. The van der Waals surface area contributed by atoms with Crippen molar-refractivity contribution in [2.45, 2.75) is 0 Å². The van der Waals surface area contributed by atoms with Crippen molar-refractivity contribution in [3.05, 3.63) is 170 Å². The van der Waals surface area contributed by atoms with Crippen LogP contribution in [0.1, 0.15) is 0 Å². The molecule has 15 rings (SSSR count). The number of nitrogens with zero attached hydrogens (tertiary/aromatic N) is 1. The van der Waals surface area contributed by atoms with Gasteiger partial charge in [-0.25, -0.2) is 0 Å². The number of hydrogen-bond acceptors (Lipinski definition) is 5. The number of benzene rings is 9. The standard InChI is InChI=1S/C54H28BNS4/c1-5-13-46-32(9-1)37-21-29(17-19-50(37)57-46)30-22-41-36-25-39-34-11-3-7-15-48(34)59-52(39)27-42(36)55-43-28-53-40(35-12-4-8-16-49(35)60-53)26-44(43)56(45(23-30)54(41)55)31-18-20-51-38(24-31)33-10-2-6-14-47(33)58-51/h1-28H. The van der Waals surface area contributed by atoms with Crippen molar-refractivity contribution in [2.75, 3.05) is 4.90 Å². The Bertz CT molecular complexity index is 4050. The molecule has 276 valence electrons. The summed E-state index contributed by atoms with van der Waals surface area (Å²) < 4.78 is 10.7. The molecule has 0 saturated heterocycles. The van der Waals surface area contributed by atoms with Gasteiger partial charge >= 0.3 is 0 Å². The first-order chi connectivity index (χ1) is 29.7. The topological polar surface area (TPSA) is 3.24 Å². The van der Waals surface area contributed by atoms with Crippen molar-refractivity contribution in [3.63, 3.8) is 0 Å². The molecule has 4 aromatic heterocycles. The Balaban J connectivity index is 1.08. The fourth-order valence-corrected chi connectivity index (χ4v) is 15.1. The molecular weight excluding hydrogens is 802 g/mol. The van der Waals surface area contributed by atoms with E-state index in [0.29, 0.717) is 0 Å². The SMILES string of the molecule is c1ccc2c(c1)sc1ccc(-c3cc4c5c(c3)N(c3ccc6sc7ccccc7c6c3)c3cc6c(cc3B5c3cc5sc7ccccc7c5cc3-4)sc3ccccc36)cc12. The van der Waals surface area contributed by atoms with Crippen LogP contribution >= 0.6 is 45.3 Å². The third-order valence-corrected chi connectivity index (χ3v) is 17.8. The van der Waals surface area contributed by atoms with Gasteiger partial charge in [-0.1, -0.05) is 84.3 Å². The molecule has 9 aromatic carbocycles. The fraction of sp³-hybridized carbons (Fsp3) is 0. The van der Waals surface area contributed by atoms with Crippen molar-refractivity contribution in [2.24, 2.45) is 0 Å². The summed E-state index contributed by atoms with van der Waals surface area (Å²) in [6, 6.07) is 65.1. The van der Waals surface area contributed by atoms with Crippen LogP contribution in [0.2, 0.25) is 0 Å². The van der Waals surface area contributed by atoms with Crippen LogP contribution in [0.25, 0.3) is 103 Å². The lowest BCUT2D eigenvalue weighted by Crippen LogP contribution is -2.54. The molecule has 0 fully saturated rings.